The van der Waals surface area contributed by atoms with E-state index < -0.39 is 18.0 Å². The zero-order valence-electron chi connectivity index (χ0n) is 10.5. The molecule has 0 bridgehead atoms. The number of aldehydes is 1. The predicted octanol–water partition coefficient (Wildman–Crippen LogP) is -2.93. The minimum Gasteiger partial charge on any atom is -0.354 e. The third-order valence-electron chi connectivity index (χ3n) is 2.75. The molecule has 0 aromatic rings. The van der Waals surface area contributed by atoms with Crippen molar-refractivity contribution in [2.24, 2.45) is 5.73 Å². The number of carbonyl (C=O) groups excluding carboxylic acids is 4. The Kier molecular flexibility index (Phi) is 6.10. The van der Waals surface area contributed by atoms with Gasteiger partial charge in [-0.25, -0.2) is 0 Å². The van der Waals surface area contributed by atoms with Crippen LogP contribution in [-0.2, 0) is 19.2 Å². The van der Waals surface area contributed by atoms with Crippen molar-refractivity contribution in [3.05, 3.63) is 0 Å². The summed E-state index contributed by atoms with van der Waals surface area (Å²) in [4.78, 5) is 45.1. The molecule has 0 aliphatic carbocycles. The molecule has 0 aromatic heterocycles. The fourth-order valence-corrected chi connectivity index (χ4v) is 1.58. The Morgan fingerprint density at radius 2 is 1.84 bits per heavy atom. The molecule has 1 fully saturated rings. The van der Waals surface area contributed by atoms with Crippen LogP contribution in [0.2, 0.25) is 0 Å². The maximum Gasteiger partial charge on any atom is 0.239 e. The molecule has 1 aliphatic heterocycles. The third-order valence-corrected chi connectivity index (χ3v) is 2.75. The minimum absolute atomic E-state index is 0.0776. The highest BCUT2D eigenvalue weighted by Crippen LogP contribution is 1.93. The average molecular weight is 270 g/mol. The van der Waals surface area contributed by atoms with E-state index >= 15 is 0 Å². The fraction of sp³-hybridized carbons (Fsp3) is 0.636. The quantitative estimate of drug-likeness (QED) is 0.377. The van der Waals surface area contributed by atoms with E-state index in [-0.39, 0.29) is 37.7 Å². The highest BCUT2D eigenvalue weighted by Gasteiger charge is 2.19. The number of ketones is 1. The Hall–Kier alpha value is -1.80. The number of nitrogens with two attached hydrogens (primary N) is 1. The first kappa shape index (κ1) is 15.3. The molecule has 1 aliphatic rings. The minimum atomic E-state index is -0.941. The monoisotopic (exact) mass is 270 g/mol. The first-order chi connectivity index (χ1) is 9.02. The zero-order valence-corrected chi connectivity index (χ0v) is 10.5. The van der Waals surface area contributed by atoms with Gasteiger partial charge in [0, 0.05) is 13.0 Å². The van der Waals surface area contributed by atoms with Crippen LogP contribution < -0.4 is 21.7 Å². The SMILES string of the molecule is NC1CC(=O)NCC(=O)NCCC(C=O)NCC1=O. The molecular weight excluding hydrogens is 252 g/mol. The van der Waals surface area contributed by atoms with Gasteiger partial charge in [0.05, 0.1) is 25.2 Å². The topological polar surface area (TPSA) is 130 Å². The Morgan fingerprint density at radius 1 is 1.11 bits per heavy atom. The molecular formula is C11H18N4O4. The molecule has 2 unspecified atom stereocenters. The van der Waals surface area contributed by atoms with Crippen LogP contribution in [0.15, 0.2) is 0 Å². The second-order valence-corrected chi connectivity index (χ2v) is 4.32. The van der Waals surface area contributed by atoms with Crippen molar-refractivity contribution in [1.82, 2.24) is 16.0 Å². The van der Waals surface area contributed by atoms with E-state index in [4.69, 9.17) is 5.73 Å². The lowest BCUT2D eigenvalue weighted by molar-refractivity contribution is -0.128. The number of hydrogen-bond donors (Lipinski definition) is 4. The van der Waals surface area contributed by atoms with Gasteiger partial charge in [0.25, 0.3) is 0 Å². The Bertz CT molecular complexity index is 372. The smallest absolute Gasteiger partial charge is 0.239 e. The van der Waals surface area contributed by atoms with Crippen LogP contribution in [0.5, 0.6) is 0 Å². The Labute approximate surface area is 110 Å². The largest absolute Gasteiger partial charge is 0.354 e. The summed E-state index contributed by atoms with van der Waals surface area (Å²) in [5, 5.41) is 7.67. The summed E-state index contributed by atoms with van der Waals surface area (Å²) in [5.41, 5.74) is 5.57. The van der Waals surface area contributed by atoms with E-state index in [0.29, 0.717) is 12.7 Å². The van der Waals surface area contributed by atoms with Crippen molar-refractivity contribution in [2.45, 2.75) is 24.9 Å². The van der Waals surface area contributed by atoms with Crippen LogP contribution in [0.4, 0.5) is 0 Å². The third kappa shape index (κ3) is 5.58. The summed E-state index contributed by atoms with van der Waals surface area (Å²) in [7, 11) is 0. The van der Waals surface area contributed by atoms with Gasteiger partial charge in [0.2, 0.25) is 11.8 Å². The molecule has 1 rings (SSSR count). The molecule has 0 saturated carbocycles. The van der Waals surface area contributed by atoms with Crippen LogP contribution in [0.25, 0.3) is 0 Å². The van der Waals surface area contributed by atoms with Crippen molar-refractivity contribution < 1.29 is 19.2 Å². The van der Waals surface area contributed by atoms with Gasteiger partial charge in [-0.15, -0.1) is 0 Å². The molecule has 5 N–H and O–H groups in total. The van der Waals surface area contributed by atoms with Crippen LogP contribution in [0.1, 0.15) is 12.8 Å². The molecule has 0 aromatic carbocycles. The van der Waals surface area contributed by atoms with E-state index in [0.717, 1.165) is 0 Å². The van der Waals surface area contributed by atoms with Gasteiger partial charge in [-0.05, 0) is 6.42 Å². The average Bonchev–Trinajstić information content (AvgIpc) is 2.39. The van der Waals surface area contributed by atoms with E-state index in [1.165, 1.54) is 0 Å². The molecule has 1 heterocycles. The van der Waals surface area contributed by atoms with Crippen molar-refractivity contribution in [1.29, 1.82) is 0 Å². The van der Waals surface area contributed by atoms with E-state index in [1.54, 1.807) is 0 Å². The van der Waals surface area contributed by atoms with E-state index in [9.17, 15) is 19.2 Å². The number of carbonyl (C=O) groups is 4. The summed E-state index contributed by atoms with van der Waals surface area (Å²) in [6, 6.07) is -1.47. The number of rotatable bonds is 1. The van der Waals surface area contributed by atoms with Crippen LogP contribution in [0, 0.1) is 0 Å². The van der Waals surface area contributed by atoms with Crippen LogP contribution in [-0.4, -0.2) is 55.6 Å². The second-order valence-electron chi connectivity index (χ2n) is 4.32. The molecule has 2 amide bonds. The van der Waals surface area contributed by atoms with E-state index in [2.05, 4.69) is 16.0 Å². The Morgan fingerprint density at radius 3 is 2.53 bits per heavy atom. The summed E-state index contributed by atoms with van der Waals surface area (Å²) in [6.45, 7) is 0.0378. The number of nitrogens with one attached hydrogen (secondary N) is 3. The van der Waals surface area contributed by atoms with Crippen molar-refractivity contribution in [2.75, 3.05) is 19.6 Å². The molecule has 2 atom stereocenters. The first-order valence-corrected chi connectivity index (χ1v) is 6.03. The van der Waals surface area contributed by atoms with Gasteiger partial charge < -0.3 is 26.5 Å². The first-order valence-electron chi connectivity index (χ1n) is 6.03. The molecule has 19 heavy (non-hydrogen) atoms. The molecule has 8 nitrogen and oxygen atoms in total. The van der Waals surface area contributed by atoms with Gasteiger partial charge in [0.15, 0.2) is 5.78 Å². The van der Waals surface area contributed by atoms with Gasteiger partial charge in [-0.2, -0.15) is 0 Å². The van der Waals surface area contributed by atoms with Crippen LogP contribution >= 0.6 is 0 Å². The van der Waals surface area contributed by atoms with Gasteiger partial charge in [-0.3, -0.25) is 14.4 Å². The zero-order chi connectivity index (χ0) is 14.3. The highest BCUT2D eigenvalue weighted by molar-refractivity contribution is 5.92. The Balaban J connectivity index is 2.65. The fourth-order valence-electron chi connectivity index (χ4n) is 1.58. The molecule has 8 heteroatoms. The van der Waals surface area contributed by atoms with Gasteiger partial charge in [-0.1, -0.05) is 0 Å². The molecule has 0 spiro atoms. The van der Waals surface area contributed by atoms with E-state index in [1.807, 2.05) is 0 Å². The normalized spacial score (nSPS) is 27.3. The number of Topliss-reactive ketones (excluding diaryl/α,β-unsaturated/α-hetero) is 1. The second kappa shape index (κ2) is 7.59. The lowest BCUT2D eigenvalue weighted by Gasteiger charge is -2.13. The molecule has 0 radical (unpaired) electrons. The van der Waals surface area contributed by atoms with Crippen molar-refractivity contribution in [3.8, 4) is 0 Å². The lowest BCUT2D eigenvalue weighted by atomic mass is 10.1. The predicted molar refractivity (Wildman–Crippen MR) is 66.1 cm³/mol. The van der Waals surface area contributed by atoms with Gasteiger partial charge in [0.1, 0.15) is 6.29 Å². The highest BCUT2D eigenvalue weighted by atomic mass is 16.2. The molecule has 1 saturated heterocycles. The standard InChI is InChI=1S/C11H18N4O4/c12-8-3-10(18)15-5-11(19)13-2-1-7(6-16)14-4-9(8)17/h6-8,14H,1-5,12H2,(H,13,19)(H,15,18). The maximum atomic E-state index is 11.6. The lowest BCUT2D eigenvalue weighted by Crippen LogP contribution is -2.44. The maximum absolute atomic E-state index is 11.6. The summed E-state index contributed by atoms with van der Waals surface area (Å²) in [6.07, 6.45) is 0.860. The summed E-state index contributed by atoms with van der Waals surface area (Å²) >= 11 is 0. The summed E-state index contributed by atoms with van der Waals surface area (Å²) in [5.74, 6) is -1.15. The van der Waals surface area contributed by atoms with Crippen molar-refractivity contribution in [3.63, 3.8) is 0 Å². The number of hydrogen-bond acceptors (Lipinski definition) is 6. The van der Waals surface area contributed by atoms with Crippen LogP contribution in [0.3, 0.4) is 0 Å². The van der Waals surface area contributed by atoms with Crippen molar-refractivity contribution >= 4 is 23.9 Å². The molecule has 106 valence electrons. The number of amides is 2. The summed E-state index contributed by atoms with van der Waals surface area (Å²) < 4.78 is 0. The van der Waals surface area contributed by atoms with Gasteiger partial charge >= 0.3 is 0 Å².